The summed E-state index contributed by atoms with van der Waals surface area (Å²) in [5, 5.41) is 0. The Bertz CT molecular complexity index is 949. The Labute approximate surface area is 212 Å². The van der Waals surface area contributed by atoms with Crippen LogP contribution in [-0.2, 0) is 0 Å². The first-order chi connectivity index (χ1) is 17.3. The fourth-order valence-corrected chi connectivity index (χ4v) is 4.55. The van der Waals surface area contributed by atoms with Gasteiger partial charge in [-0.3, -0.25) is 4.79 Å². The van der Waals surface area contributed by atoms with Crippen LogP contribution in [0.1, 0.15) is 93.8 Å². The Hall–Kier alpha value is -2.87. The highest BCUT2D eigenvalue weighted by Crippen LogP contribution is 2.29. The van der Waals surface area contributed by atoms with Crippen LogP contribution in [0.2, 0.25) is 0 Å². The van der Waals surface area contributed by atoms with Crippen LogP contribution in [0.5, 0.6) is 5.75 Å². The quantitative estimate of drug-likeness (QED) is 0.137. The molecule has 0 amide bonds. The van der Waals surface area contributed by atoms with E-state index in [1.54, 1.807) is 0 Å². The molecule has 0 aliphatic rings. The van der Waals surface area contributed by atoms with E-state index >= 15 is 0 Å². The second kappa shape index (κ2) is 16.7. The third-order valence-corrected chi connectivity index (χ3v) is 6.62. The Morgan fingerprint density at radius 1 is 0.514 bits per heavy atom. The van der Waals surface area contributed by atoms with Crippen LogP contribution >= 0.6 is 0 Å². The number of Topliss-reactive ketones (excluding diaryl/α,β-unsaturated/α-hetero) is 1. The summed E-state index contributed by atoms with van der Waals surface area (Å²) in [4.78, 5) is 12.1. The fourth-order valence-electron chi connectivity index (χ4n) is 4.55. The first kappa shape index (κ1) is 26.7. The minimum atomic E-state index is 0.286. The Balaban J connectivity index is 1.11. The van der Waals surface area contributed by atoms with Crippen molar-refractivity contribution in [2.45, 2.75) is 83.5 Å². The summed E-state index contributed by atoms with van der Waals surface area (Å²) in [7, 11) is 0. The number of para-hydroxylation sites is 1. The van der Waals surface area contributed by atoms with Gasteiger partial charge in [0.25, 0.3) is 0 Å². The third kappa shape index (κ3) is 10.5. The topological polar surface area (TPSA) is 26.3 Å². The van der Waals surface area contributed by atoms with E-state index in [1.807, 2.05) is 36.4 Å². The average molecular weight is 471 g/mol. The van der Waals surface area contributed by atoms with Gasteiger partial charge in [-0.2, -0.15) is 0 Å². The van der Waals surface area contributed by atoms with E-state index in [2.05, 4.69) is 48.5 Å². The molecule has 35 heavy (non-hydrogen) atoms. The molecule has 0 unspecified atom stereocenters. The summed E-state index contributed by atoms with van der Waals surface area (Å²) < 4.78 is 6.11. The molecular formula is C33H42O2. The number of hydrogen-bond acceptors (Lipinski definition) is 2. The summed E-state index contributed by atoms with van der Waals surface area (Å²) in [6.45, 7) is 0.792. The van der Waals surface area contributed by atoms with Crippen molar-refractivity contribution in [3.63, 3.8) is 0 Å². The highest BCUT2D eigenvalue weighted by Gasteiger charge is 2.05. The van der Waals surface area contributed by atoms with Crippen LogP contribution < -0.4 is 4.74 Å². The maximum atomic E-state index is 12.1. The van der Waals surface area contributed by atoms with E-state index in [-0.39, 0.29) is 5.78 Å². The Morgan fingerprint density at radius 3 is 1.63 bits per heavy atom. The van der Waals surface area contributed by atoms with Crippen molar-refractivity contribution >= 4 is 5.78 Å². The van der Waals surface area contributed by atoms with Gasteiger partial charge in [-0.25, -0.2) is 0 Å². The van der Waals surface area contributed by atoms with Gasteiger partial charge in [0.05, 0.1) is 6.61 Å². The average Bonchev–Trinajstić information content (AvgIpc) is 2.92. The summed E-state index contributed by atoms with van der Waals surface area (Å²) in [5.74, 6) is 1.27. The van der Waals surface area contributed by atoms with Crippen LogP contribution in [0, 0.1) is 0 Å². The monoisotopic (exact) mass is 470 g/mol. The summed E-state index contributed by atoms with van der Waals surface area (Å²) in [6, 6.07) is 28.5. The van der Waals surface area contributed by atoms with Gasteiger partial charge in [-0.1, -0.05) is 143 Å². The van der Waals surface area contributed by atoms with Crippen molar-refractivity contribution < 1.29 is 9.53 Å². The highest BCUT2D eigenvalue weighted by molar-refractivity contribution is 5.95. The molecule has 3 aromatic rings. The van der Waals surface area contributed by atoms with Gasteiger partial charge in [0, 0.05) is 17.5 Å². The molecule has 0 aliphatic heterocycles. The van der Waals surface area contributed by atoms with Crippen molar-refractivity contribution in [2.75, 3.05) is 6.61 Å². The zero-order valence-corrected chi connectivity index (χ0v) is 21.3. The van der Waals surface area contributed by atoms with Crippen molar-refractivity contribution in [2.24, 2.45) is 0 Å². The molecule has 0 heterocycles. The lowest BCUT2D eigenvalue weighted by Gasteiger charge is -2.11. The zero-order valence-electron chi connectivity index (χ0n) is 21.3. The lowest BCUT2D eigenvalue weighted by Crippen LogP contribution is -1.98. The van der Waals surface area contributed by atoms with Gasteiger partial charge >= 0.3 is 0 Å². The molecule has 0 aromatic heterocycles. The second-order valence-corrected chi connectivity index (χ2v) is 9.49. The van der Waals surface area contributed by atoms with Gasteiger partial charge in [-0.15, -0.1) is 0 Å². The van der Waals surface area contributed by atoms with Gasteiger partial charge < -0.3 is 4.74 Å². The summed E-state index contributed by atoms with van der Waals surface area (Å²) >= 11 is 0. The van der Waals surface area contributed by atoms with Crippen LogP contribution in [0.4, 0.5) is 0 Å². The molecule has 0 radical (unpaired) electrons. The first-order valence-electron chi connectivity index (χ1n) is 13.7. The first-order valence-corrected chi connectivity index (χ1v) is 13.7. The molecule has 0 N–H and O–H groups in total. The van der Waals surface area contributed by atoms with Crippen molar-refractivity contribution in [1.82, 2.24) is 0 Å². The number of unbranched alkanes of at least 4 members (excludes halogenated alkanes) is 11. The Kier molecular flexibility index (Phi) is 12.8. The molecule has 0 spiro atoms. The van der Waals surface area contributed by atoms with E-state index < -0.39 is 0 Å². The predicted molar refractivity (Wildman–Crippen MR) is 148 cm³/mol. The predicted octanol–water partition coefficient (Wildman–Crippen LogP) is 9.69. The van der Waals surface area contributed by atoms with E-state index in [0.29, 0.717) is 6.42 Å². The van der Waals surface area contributed by atoms with Crippen LogP contribution in [0.15, 0.2) is 84.9 Å². The molecule has 0 bridgehead atoms. The van der Waals surface area contributed by atoms with Crippen LogP contribution in [0.25, 0.3) is 11.1 Å². The molecule has 2 heteroatoms. The van der Waals surface area contributed by atoms with E-state index in [1.165, 1.54) is 75.3 Å². The number of hydrogen-bond donors (Lipinski definition) is 0. The Morgan fingerprint density at radius 2 is 1.00 bits per heavy atom. The highest BCUT2D eigenvalue weighted by atomic mass is 16.5. The number of carbonyl (C=O) groups is 1. The smallest absolute Gasteiger partial charge is 0.162 e. The standard InChI is InChI=1S/C33H42O2/c34-32(30-23-15-12-16-24-30)26-17-9-7-5-3-1-2-4-6-8-10-20-28-35-33-27-19-18-25-31(33)29-21-13-11-14-22-29/h11-16,18-19,21-25,27H,1-10,17,20,26,28H2. The molecule has 186 valence electrons. The van der Waals surface area contributed by atoms with Gasteiger partial charge in [0.15, 0.2) is 5.78 Å². The minimum Gasteiger partial charge on any atom is -0.493 e. The minimum absolute atomic E-state index is 0.286. The van der Waals surface area contributed by atoms with Gasteiger partial charge in [0.1, 0.15) is 5.75 Å². The number of rotatable bonds is 18. The molecular weight excluding hydrogens is 428 g/mol. The van der Waals surface area contributed by atoms with Gasteiger partial charge in [0.2, 0.25) is 0 Å². The number of carbonyl (C=O) groups excluding carboxylic acids is 1. The molecule has 3 aromatic carbocycles. The van der Waals surface area contributed by atoms with E-state index in [9.17, 15) is 4.79 Å². The number of ether oxygens (including phenoxy) is 1. The lowest BCUT2D eigenvalue weighted by atomic mass is 10.0. The third-order valence-electron chi connectivity index (χ3n) is 6.62. The fraction of sp³-hybridized carbons (Fsp3) is 0.424. The molecule has 0 atom stereocenters. The maximum absolute atomic E-state index is 12.1. The normalized spacial score (nSPS) is 10.9. The van der Waals surface area contributed by atoms with E-state index in [4.69, 9.17) is 4.74 Å². The molecule has 2 nitrogen and oxygen atoms in total. The summed E-state index contributed by atoms with van der Waals surface area (Å²) in [6.07, 6.45) is 15.9. The molecule has 0 saturated heterocycles. The van der Waals surface area contributed by atoms with Crippen molar-refractivity contribution in [1.29, 1.82) is 0 Å². The maximum Gasteiger partial charge on any atom is 0.162 e. The molecule has 0 fully saturated rings. The SMILES string of the molecule is O=C(CCCCCCCCCCCCCCOc1ccccc1-c1ccccc1)c1ccccc1. The lowest BCUT2D eigenvalue weighted by molar-refractivity contribution is 0.0979. The van der Waals surface area contributed by atoms with E-state index in [0.717, 1.165) is 30.8 Å². The van der Waals surface area contributed by atoms with Crippen molar-refractivity contribution in [3.8, 4) is 16.9 Å². The molecule has 3 rings (SSSR count). The number of ketones is 1. The zero-order chi connectivity index (χ0) is 24.4. The molecule has 0 aliphatic carbocycles. The molecule has 0 saturated carbocycles. The number of benzene rings is 3. The second-order valence-electron chi connectivity index (χ2n) is 9.49. The summed E-state index contributed by atoms with van der Waals surface area (Å²) in [5.41, 5.74) is 3.24. The van der Waals surface area contributed by atoms with Gasteiger partial charge in [-0.05, 0) is 24.5 Å². The van der Waals surface area contributed by atoms with Crippen LogP contribution in [0.3, 0.4) is 0 Å². The van der Waals surface area contributed by atoms with Crippen molar-refractivity contribution in [3.05, 3.63) is 90.5 Å². The largest absolute Gasteiger partial charge is 0.493 e. The van der Waals surface area contributed by atoms with Crippen LogP contribution in [-0.4, -0.2) is 12.4 Å².